The minimum Gasteiger partial charge on any atom is -0.456 e. The Morgan fingerprint density at radius 2 is 0.800 bits per heavy atom. The molecule has 0 bridgehead atoms. The zero-order valence-electron chi connectivity index (χ0n) is 35.9. The fourth-order valence-corrected chi connectivity index (χ4v) is 11.3. The standard InChI is InChI=1S/C63H40O2/c1-63(2)55-20-9-7-15-45(55)50-32-40(27-30-56(50)63)37-22-24-39(25-23-37)61-47-17-5-6-18-48(47)62(54-33-41(26-29-49(54)61)44-19-11-13-38-12-3-4-14-43(38)44)42-28-31-58-51(34-42)53-36-59-52(35-60(53)65-58)46-16-8-10-21-57(46)64-59/h3-36H,1-2H3. The molecule has 11 aromatic carbocycles. The third-order valence-corrected chi connectivity index (χ3v) is 14.5. The zero-order valence-corrected chi connectivity index (χ0v) is 35.9. The zero-order chi connectivity index (χ0) is 43.0. The minimum atomic E-state index is -0.0175. The number of hydrogen-bond donors (Lipinski definition) is 0. The SMILES string of the molecule is CC1(C)c2ccccc2-c2cc(-c3ccc(-c4c5ccccc5c(-c5ccc6oc7cc8c(cc7c6c5)oc5ccccc58)c5cc(-c6cccc7ccccc67)ccc45)cc3)ccc21. The van der Waals surface area contributed by atoms with E-state index < -0.39 is 0 Å². The van der Waals surface area contributed by atoms with E-state index >= 15 is 0 Å². The van der Waals surface area contributed by atoms with Gasteiger partial charge in [-0.2, -0.15) is 0 Å². The molecular weight excluding hydrogens is 789 g/mol. The van der Waals surface area contributed by atoms with Crippen molar-refractivity contribution in [2.45, 2.75) is 19.3 Å². The molecule has 2 heterocycles. The lowest BCUT2D eigenvalue weighted by molar-refractivity contribution is 0.660. The molecule has 2 aromatic heterocycles. The summed E-state index contributed by atoms with van der Waals surface area (Å²) >= 11 is 0. The van der Waals surface area contributed by atoms with Crippen LogP contribution in [0.2, 0.25) is 0 Å². The van der Waals surface area contributed by atoms with E-state index in [-0.39, 0.29) is 5.41 Å². The number of furan rings is 2. The Morgan fingerprint density at radius 1 is 0.277 bits per heavy atom. The maximum absolute atomic E-state index is 6.59. The Balaban J connectivity index is 0.982. The number of benzene rings is 11. The molecular formula is C63H40O2. The monoisotopic (exact) mass is 828 g/mol. The summed E-state index contributed by atoms with van der Waals surface area (Å²) in [6.45, 7) is 4.68. The van der Waals surface area contributed by atoms with Gasteiger partial charge in [-0.15, -0.1) is 0 Å². The van der Waals surface area contributed by atoms with Gasteiger partial charge in [-0.3, -0.25) is 0 Å². The van der Waals surface area contributed by atoms with Crippen LogP contribution in [0.4, 0.5) is 0 Å². The predicted molar refractivity (Wildman–Crippen MR) is 273 cm³/mol. The molecule has 0 saturated carbocycles. The van der Waals surface area contributed by atoms with Gasteiger partial charge in [-0.25, -0.2) is 0 Å². The van der Waals surface area contributed by atoms with E-state index in [1.807, 2.05) is 12.1 Å². The summed E-state index contributed by atoms with van der Waals surface area (Å²) in [5, 5.41) is 11.6. The number of fused-ring (bicyclic) bond motifs is 12. The maximum Gasteiger partial charge on any atom is 0.136 e. The second-order valence-corrected chi connectivity index (χ2v) is 18.3. The molecule has 14 rings (SSSR count). The molecule has 0 fully saturated rings. The molecule has 0 N–H and O–H groups in total. The number of hydrogen-bond acceptors (Lipinski definition) is 2. The van der Waals surface area contributed by atoms with Crippen molar-refractivity contribution in [3.05, 3.63) is 217 Å². The largest absolute Gasteiger partial charge is 0.456 e. The highest BCUT2D eigenvalue weighted by atomic mass is 16.3. The Bertz CT molecular complexity index is 4130. The first-order valence-corrected chi connectivity index (χ1v) is 22.6. The molecule has 1 aliphatic carbocycles. The van der Waals surface area contributed by atoms with Crippen LogP contribution in [0.25, 0.3) is 132 Å². The molecule has 13 aromatic rings. The van der Waals surface area contributed by atoms with Gasteiger partial charge in [0.05, 0.1) is 0 Å². The highest BCUT2D eigenvalue weighted by molar-refractivity contribution is 6.23. The maximum atomic E-state index is 6.59. The normalized spacial score (nSPS) is 13.2. The average molecular weight is 829 g/mol. The van der Waals surface area contributed by atoms with Crippen LogP contribution in [0.15, 0.2) is 215 Å². The topological polar surface area (TPSA) is 26.3 Å². The van der Waals surface area contributed by atoms with Crippen molar-refractivity contribution in [3.63, 3.8) is 0 Å². The molecule has 0 unspecified atom stereocenters. The highest BCUT2D eigenvalue weighted by Crippen LogP contribution is 2.51. The van der Waals surface area contributed by atoms with Crippen molar-refractivity contribution < 1.29 is 8.83 Å². The molecule has 2 nitrogen and oxygen atoms in total. The second-order valence-electron chi connectivity index (χ2n) is 18.3. The van der Waals surface area contributed by atoms with E-state index in [9.17, 15) is 0 Å². The minimum absolute atomic E-state index is 0.0175. The van der Waals surface area contributed by atoms with Gasteiger partial charge in [0.15, 0.2) is 0 Å². The Kier molecular flexibility index (Phi) is 7.49. The van der Waals surface area contributed by atoms with Gasteiger partial charge in [0.25, 0.3) is 0 Å². The number of para-hydroxylation sites is 1. The summed E-state index contributed by atoms with van der Waals surface area (Å²) < 4.78 is 13.0. The Morgan fingerprint density at radius 3 is 1.62 bits per heavy atom. The summed E-state index contributed by atoms with van der Waals surface area (Å²) in [7, 11) is 0. The van der Waals surface area contributed by atoms with Crippen molar-refractivity contribution >= 4 is 76.2 Å². The first-order chi connectivity index (χ1) is 32.0. The summed E-state index contributed by atoms with van der Waals surface area (Å²) in [6.07, 6.45) is 0. The summed E-state index contributed by atoms with van der Waals surface area (Å²) in [5.41, 5.74) is 18.6. The lowest BCUT2D eigenvalue weighted by Crippen LogP contribution is -2.14. The molecule has 0 aliphatic heterocycles. The van der Waals surface area contributed by atoms with Gasteiger partial charge < -0.3 is 8.83 Å². The van der Waals surface area contributed by atoms with E-state index in [0.29, 0.717) is 0 Å². The molecule has 0 radical (unpaired) electrons. The van der Waals surface area contributed by atoms with Crippen molar-refractivity contribution in [2.75, 3.05) is 0 Å². The van der Waals surface area contributed by atoms with Crippen LogP contribution in [0.5, 0.6) is 0 Å². The Hall–Kier alpha value is -8.20. The number of rotatable bonds is 4. The second kappa shape index (κ2) is 13.4. The van der Waals surface area contributed by atoms with Crippen molar-refractivity contribution in [1.29, 1.82) is 0 Å². The van der Waals surface area contributed by atoms with Crippen molar-refractivity contribution in [1.82, 2.24) is 0 Å². The molecule has 0 saturated heterocycles. The van der Waals surface area contributed by atoms with E-state index in [1.54, 1.807) is 0 Å². The fraction of sp³-hybridized carbons (Fsp3) is 0.0476. The van der Waals surface area contributed by atoms with E-state index in [0.717, 1.165) is 49.4 Å². The van der Waals surface area contributed by atoms with E-state index in [2.05, 4.69) is 208 Å². The van der Waals surface area contributed by atoms with Crippen LogP contribution in [0.1, 0.15) is 25.0 Å². The molecule has 0 spiro atoms. The Labute approximate surface area is 375 Å². The molecule has 0 amide bonds. The van der Waals surface area contributed by atoms with Gasteiger partial charge >= 0.3 is 0 Å². The lowest BCUT2D eigenvalue weighted by atomic mass is 9.82. The quantitative estimate of drug-likeness (QED) is 0.165. The van der Waals surface area contributed by atoms with Crippen LogP contribution in [-0.2, 0) is 5.41 Å². The van der Waals surface area contributed by atoms with Gasteiger partial charge in [0, 0.05) is 27.0 Å². The van der Waals surface area contributed by atoms with Gasteiger partial charge in [0.1, 0.15) is 22.3 Å². The van der Waals surface area contributed by atoms with Crippen LogP contribution in [0, 0.1) is 0 Å². The van der Waals surface area contributed by atoms with Gasteiger partial charge in [-0.05, 0) is 142 Å². The van der Waals surface area contributed by atoms with Crippen LogP contribution < -0.4 is 0 Å². The van der Waals surface area contributed by atoms with Gasteiger partial charge in [-0.1, -0.05) is 178 Å². The highest BCUT2D eigenvalue weighted by Gasteiger charge is 2.35. The fourth-order valence-electron chi connectivity index (χ4n) is 11.3. The van der Waals surface area contributed by atoms with Crippen LogP contribution >= 0.6 is 0 Å². The first-order valence-electron chi connectivity index (χ1n) is 22.6. The summed E-state index contributed by atoms with van der Waals surface area (Å²) in [5.74, 6) is 0. The molecule has 65 heavy (non-hydrogen) atoms. The van der Waals surface area contributed by atoms with Crippen molar-refractivity contribution in [2.24, 2.45) is 0 Å². The average Bonchev–Trinajstić information content (AvgIpc) is 3.98. The molecule has 2 heteroatoms. The lowest BCUT2D eigenvalue weighted by Gasteiger charge is -2.21. The smallest absolute Gasteiger partial charge is 0.136 e. The van der Waals surface area contributed by atoms with Crippen LogP contribution in [-0.4, -0.2) is 0 Å². The third kappa shape index (κ3) is 5.29. The molecule has 1 aliphatic rings. The third-order valence-electron chi connectivity index (χ3n) is 14.5. The molecule has 304 valence electrons. The van der Waals surface area contributed by atoms with Crippen LogP contribution in [0.3, 0.4) is 0 Å². The molecule has 0 atom stereocenters. The predicted octanol–water partition coefficient (Wildman–Crippen LogP) is 17.9. The van der Waals surface area contributed by atoms with Gasteiger partial charge in [0.2, 0.25) is 0 Å². The summed E-state index contributed by atoms with van der Waals surface area (Å²) in [4.78, 5) is 0. The van der Waals surface area contributed by atoms with E-state index in [1.165, 1.54) is 93.5 Å². The first kappa shape index (κ1) is 36.3. The van der Waals surface area contributed by atoms with Crippen molar-refractivity contribution in [3.8, 4) is 55.6 Å². The van der Waals surface area contributed by atoms with E-state index in [4.69, 9.17) is 8.83 Å². The summed E-state index contributed by atoms with van der Waals surface area (Å²) in [6, 6.07) is 75.8.